The number of nitrogens with zero attached hydrogens (tertiary/aromatic N) is 3. The lowest BCUT2D eigenvalue weighted by atomic mass is 10.2. The fraction of sp³-hybridized carbons (Fsp3) is 0.269. The summed E-state index contributed by atoms with van der Waals surface area (Å²) in [5.41, 5.74) is 0.928. The number of thiazole rings is 1. The summed E-state index contributed by atoms with van der Waals surface area (Å²) in [5.74, 6) is 0.750. The minimum absolute atomic E-state index is 0.0678. The summed E-state index contributed by atoms with van der Waals surface area (Å²) in [6, 6.07) is 16.4. The fourth-order valence-corrected chi connectivity index (χ4v) is 4.87. The predicted octanol–water partition coefficient (Wildman–Crippen LogP) is 1.67. The number of carbonyl (C=O) groups excluding carboxylic acids is 1. The Labute approximate surface area is 206 Å². The van der Waals surface area contributed by atoms with Gasteiger partial charge in [0.25, 0.3) is 11.5 Å². The molecule has 2 heterocycles. The van der Waals surface area contributed by atoms with E-state index in [0.717, 1.165) is 16.9 Å². The molecule has 0 bridgehead atoms. The summed E-state index contributed by atoms with van der Waals surface area (Å²) in [5, 5.41) is 9.98. The van der Waals surface area contributed by atoms with E-state index in [4.69, 9.17) is 14.2 Å². The number of carbonyl (C=O) groups is 1. The van der Waals surface area contributed by atoms with Crippen LogP contribution in [0.25, 0.3) is 17.3 Å². The maximum absolute atomic E-state index is 13.6. The molecule has 1 amide bonds. The van der Waals surface area contributed by atoms with Crippen LogP contribution in [0.2, 0.25) is 0 Å². The molecule has 3 aromatic rings. The number of methoxy groups -OCH3 is 1. The van der Waals surface area contributed by atoms with Crippen LogP contribution in [0.1, 0.15) is 12.5 Å². The second-order valence-corrected chi connectivity index (χ2v) is 8.66. The highest BCUT2D eigenvalue weighted by atomic mass is 32.1. The number of amides is 1. The lowest BCUT2D eigenvalue weighted by Gasteiger charge is -2.26. The molecule has 1 aliphatic rings. The molecule has 2 aromatic carbocycles. The number of hydrogen-bond donors (Lipinski definition) is 0. The number of benzene rings is 2. The Balaban J connectivity index is 1.93. The summed E-state index contributed by atoms with van der Waals surface area (Å²) in [7, 11) is 1.55. The van der Waals surface area contributed by atoms with Crippen LogP contribution in [0, 0.1) is 11.3 Å². The van der Waals surface area contributed by atoms with Crippen molar-refractivity contribution in [2.75, 3.05) is 40.0 Å². The molecular weight excluding hydrogens is 466 g/mol. The number of ether oxygens (including phenoxy) is 3. The SMILES string of the molecule is CCOc1ccc(/C=c2/s/c(=C(\C#N)C(=O)N3CCOCC3)n(-c3ccccc3)c2=O)cc1OC. The van der Waals surface area contributed by atoms with Gasteiger partial charge >= 0.3 is 0 Å². The third-order valence-electron chi connectivity index (χ3n) is 5.46. The lowest BCUT2D eigenvalue weighted by Crippen LogP contribution is -2.42. The fourth-order valence-electron chi connectivity index (χ4n) is 3.77. The summed E-state index contributed by atoms with van der Waals surface area (Å²) in [6.45, 7) is 4.02. The molecule has 8 nitrogen and oxygen atoms in total. The van der Waals surface area contributed by atoms with Gasteiger partial charge in [-0.1, -0.05) is 24.3 Å². The van der Waals surface area contributed by atoms with Gasteiger partial charge in [0.15, 0.2) is 17.1 Å². The number of hydrogen-bond acceptors (Lipinski definition) is 7. The normalized spacial score (nSPS) is 14.9. The van der Waals surface area contributed by atoms with Crippen molar-refractivity contribution >= 4 is 28.9 Å². The lowest BCUT2D eigenvalue weighted by molar-refractivity contribution is -0.128. The van der Waals surface area contributed by atoms with Crippen molar-refractivity contribution in [3.8, 4) is 23.3 Å². The van der Waals surface area contributed by atoms with Crippen molar-refractivity contribution in [3.05, 3.63) is 73.6 Å². The Kier molecular flexibility index (Phi) is 7.65. The summed E-state index contributed by atoms with van der Waals surface area (Å²) >= 11 is 1.11. The minimum atomic E-state index is -0.406. The van der Waals surface area contributed by atoms with Gasteiger partial charge in [-0.2, -0.15) is 5.26 Å². The van der Waals surface area contributed by atoms with Crippen LogP contribution < -0.4 is 24.2 Å². The molecule has 1 saturated heterocycles. The number of rotatable bonds is 6. The van der Waals surface area contributed by atoms with Crippen LogP contribution in [-0.2, 0) is 9.53 Å². The van der Waals surface area contributed by atoms with E-state index in [-0.39, 0.29) is 11.1 Å². The molecular formula is C26H25N3O5S. The van der Waals surface area contributed by atoms with Crippen molar-refractivity contribution in [1.29, 1.82) is 5.26 Å². The van der Waals surface area contributed by atoms with Crippen molar-refractivity contribution in [2.45, 2.75) is 6.92 Å². The average Bonchev–Trinajstić information content (AvgIpc) is 3.21. The molecule has 1 fully saturated rings. The Bertz CT molecular complexity index is 1430. The van der Waals surface area contributed by atoms with Crippen LogP contribution in [0.4, 0.5) is 0 Å². The van der Waals surface area contributed by atoms with Crippen molar-refractivity contribution in [1.82, 2.24) is 9.47 Å². The largest absolute Gasteiger partial charge is 0.493 e. The Hall–Kier alpha value is -3.87. The molecule has 4 rings (SSSR count). The van der Waals surface area contributed by atoms with Crippen molar-refractivity contribution in [2.24, 2.45) is 0 Å². The molecule has 1 aliphatic heterocycles. The van der Waals surface area contributed by atoms with Crippen LogP contribution >= 0.6 is 11.3 Å². The first-order valence-electron chi connectivity index (χ1n) is 11.2. The van der Waals surface area contributed by atoms with Crippen molar-refractivity contribution < 1.29 is 19.0 Å². The maximum Gasteiger partial charge on any atom is 0.273 e. The van der Waals surface area contributed by atoms with E-state index < -0.39 is 5.91 Å². The van der Waals surface area contributed by atoms with E-state index in [2.05, 4.69) is 6.07 Å². The maximum atomic E-state index is 13.6. The number of aromatic nitrogens is 1. The predicted molar refractivity (Wildman–Crippen MR) is 133 cm³/mol. The summed E-state index contributed by atoms with van der Waals surface area (Å²) < 4.78 is 18.4. The molecule has 0 atom stereocenters. The number of para-hydroxylation sites is 1. The number of morpholine rings is 1. The molecule has 0 unspecified atom stereocenters. The molecule has 0 saturated carbocycles. The first kappa shape index (κ1) is 24.3. The molecule has 35 heavy (non-hydrogen) atoms. The highest BCUT2D eigenvalue weighted by Crippen LogP contribution is 2.28. The summed E-state index contributed by atoms with van der Waals surface area (Å²) in [4.78, 5) is 28.4. The molecule has 0 radical (unpaired) electrons. The zero-order valence-corrected chi connectivity index (χ0v) is 20.3. The van der Waals surface area contributed by atoms with Crippen LogP contribution in [-0.4, -0.2) is 55.4 Å². The monoisotopic (exact) mass is 491 g/mol. The highest BCUT2D eigenvalue weighted by Gasteiger charge is 2.24. The zero-order chi connectivity index (χ0) is 24.8. The van der Waals surface area contributed by atoms with E-state index >= 15 is 0 Å². The van der Waals surface area contributed by atoms with E-state index in [1.54, 1.807) is 54.5 Å². The molecule has 9 heteroatoms. The average molecular weight is 492 g/mol. The van der Waals surface area contributed by atoms with Crippen LogP contribution in [0.15, 0.2) is 53.3 Å². The van der Waals surface area contributed by atoms with Gasteiger partial charge in [0.1, 0.15) is 10.7 Å². The standard InChI is InChI=1S/C26H25N3O5S/c1-3-34-21-10-9-18(15-22(21)32-2)16-23-25(31)29(19-7-5-4-6-8-19)26(35-23)20(17-27)24(30)28-11-13-33-14-12-28/h4-10,15-16H,3,11-14H2,1-2H3/b23-16+,26-20+. The Morgan fingerprint density at radius 1 is 1.17 bits per heavy atom. The second kappa shape index (κ2) is 11.0. The molecule has 180 valence electrons. The summed E-state index contributed by atoms with van der Waals surface area (Å²) in [6.07, 6.45) is 1.72. The van der Waals surface area contributed by atoms with Gasteiger partial charge in [0.05, 0.1) is 37.2 Å². The molecule has 0 N–H and O–H groups in total. The number of nitriles is 1. The van der Waals surface area contributed by atoms with Gasteiger partial charge < -0.3 is 19.1 Å². The minimum Gasteiger partial charge on any atom is -0.493 e. The zero-order valence-electron chi connectivity index (χ0n) is 19.5. The third kappa shape index (κ3) is 5.14. The highest BCUT2D eigenvalue weighted by molar-refractivity contribution is 7.07. The van der Waals surface area contributed by atoms with Crippen LogP contribution in [0.3, 0.4) is 0 Å². The van der Waals surface area contributed by atoms with Gasteiger partial charge in [-0.3, -0.25) is 14.2 Å². The van der Waals surface area contributed by atoms with Gasteiger partial charge in [-0.15, -0.1) is 11.3 Å². The van der Waals surface area contributed by atoms with Crippen LogP contribution in [0.5, 0.6) is 11.5 Å². The Morgan fingerprint density at radius 3 is 2.57 bits per heavy atom. The Morgan fingerprint density at radius 2 is 1.91 bits per heavy atom. The second-order valence-electron chi connectivity index (χ2n) is 7.63. The quantitative estimate of drug-likeness (QED) is 0.521. The third-order valence-corrected chi connectivity index (χ3v) is 6.55. The van der Waals surface area contributed by atoms with E-state index in [0.29, 0.717) is 59.3 Å². The molecule has 1 aromatic heterocycles. The first-order chi connectivity index (χ1) is 17.1. The smallest absolute Gasteiger partial charge is 0.273 e. The van der Waals surface area contributed by atoms with Gasteiger partial charge in [-0.25, -0.2) is 0 Å². The van der Waals surface area contributed by atoms with Gasteiger partial charge in [0.2, 0.25) is 0 Å². The van der Waals surface area contributed by atoms with E-state index in [1.165, 1.54) is 4.57 Å². The van der Waals surface area contributed by atoms with Gasteiger partial charge in [-0.05, 0) is 42.8 Å². The molecule has 0 spiro atoms. The first-order valence-corrected chi connectivity index (χ1v) is 12.0. The van der Waals surface area contributed by atoms with E-state index in [9.17, 15) is 14.9 Å². The van der Waals surface area contributed by atoms with E-state index in [1.807, 2.05) is 19.1 Å². The topological polar surface area (TPSA) is 93.8 Å². The molecule has 0 aliphatic carbocycles. The van der Waals surface area contributed by atoms with Crippen molar-refractivity contribution in [3.63, 3.8) is 0 Å². The van der Waals surface area contributed by atoms with Gasteiger partial charge in [0, 0.05) is 13.1 Å².